The number of alkyl carbamates (subject to hydrolysis) is 2. The minimum Gasteiger partial charge on any atom is -0.477 e. The molecule has 0 aliphatic carbocycles. The van der Waals surface area contributed by atoms with Crippen LogP contribution in [0.5, 0.6) is 0 Å². The molecule has 0 saturated heterocycles. The molecule has 0 bridgehead atoms. The minimum absolute atomic E-state index is 0.0883. The van der Waals surface area contributed by atoms with E-state index in [0.717, 1.165) is 5.56 Å². The van der Waals surface area contributed by atoms with Gasteiger partial charge in [0.05, 0.1) is 6.04 Å². The Morgan fingerprint density at radius 3 is 2.31 bits per heavy atom. The van der Waals surface area contributed by atoms with E-state index in [1.807, 2.05) is 30.3 Å². The van der Waals surface area contributed by atoms with E-state index in [1.54, 1.807) is 27.7 Å². The Morgan fingerprint density at radius 1 is 1.15 bits per heavy atom. The molecule has 0 saturated carbocycles. The molecule has 0 fully saturated rings. The molecule has 1 atom stereocenters. The second-order valence-corrected chi connectivity index (χ2v) is 6.51. The molecule has 8 nitrogen and oxygen atoms in total. The predicted octanol–water partition coefficient (Wildman–Crippen LogP) is 2.79. The van der Waals surface area contributed by atoms with Gasteiger partial charge in [-0.25, -0.2) is 14.4 Å². The first kappa shape index (κ1) is 21.0. The van der Waals surface area contributed by atoms with Gasteiger partial charge in [0.2, 0.25) is 0 Å². The summed E-state index contributed by atoms with van der Waals surface area (Å²) >= 11 is 0. The van der Waals surface area contributed by atoms with Crippen molar-refractivity contribution in [2.75, 3.05) is 0 Å². The number of hydrogen-bond donors (Lipinski definition) is 3. The largest absolute Gasteiger partial charge is 0.477 e. The molecule has 142 valence electrons. The first-order valence-electron chi connectivity index (χ1n) is 7.99. The zero-order valence-electron chi connectivity index (χ0n) is 15.2. The molecule has 0 radical (unpaired) electrons. The highest BCUT2D eigenvalue weighted by Crippen LogP contribution is 2.07. The van der Waals surface area contributed by atoms with Crippen LogP contribution in [0.15, 0.2) is 42.1 Å². The Labute approximate surface area is 152 Å². The van der Waals surface area contributed by atoms with E-state index in [4.69, 9.17) is 9.47 Å². The highest BCUT2D eigenvalue weighted by atomic mass is 16.6. The Balaban J connectivity index is 2.58. The van der Waals surface area contributed by atoms with Gasteiger partial charge in [0.1, 0.15) is 17.9 Å². The van der Waals surface area contributed by atoms with E-state index in [-0.39, 0.29) is 6.61 Å². The first-order chi connectivity index (χ1) is 12.1. The zero-order chi connectivity index (χ0) is 19.7. The maximum atomic E-state index is 11.8. The van der Waals surface area contributed by atoms with Gasteiger partial charge < -0.3 is 19.9 Å². The lowest BCUT2D eigenvalue weighted by Gasteiger charge is -2.20. The third-order valence-electron chi connectivity index (χ3n) is 2.84. The van der Waals surface area contributed by atoms with E-state index in [1.165, 1.54) is 6.08 Å². The number of rotatable bonds is 6. The molecule has 0 aromatic heterocycles. The van der Waals surface area contributed by atoms with Gasteiger partial charge >= 0.3 is 18.2 Å². The number of ether oxygens (including phenoxy) is 2. The number of carboxylic acid groups (broad SMARTS) is 1. The maximum Gasteiger partial charge on any atom is 0.412 e. The average molecular weight is 364 g/mol. The van der Waals surface area contributed by atoms with Crippen LogP contribution < -0.4 is 10.6 Å². The van der Waals surface area contributed by atoms with Gasteiger partial charge in [0.15, 0.2) is 0 Å². The number of aliphatic carboxylic acids is 1. The average Bonchev–Trinajstić information content (AvgIpc) is 2.51. The van der Waals surface area contributed by atoms with E-state index in [0.29, 0.717) is 0 Å². The van der Waals surface area contributed by atoms with Crippen molar-refractivity contribution in [3.05, 3.63) is 47.7 Å². The summed E-state index contributed by atoms with van der Waals surface area (Å²) in [5, 5.41) is 13.8. The SMILES string of the molecule is CC(C=C(NC(=O)OC(C)(C)C)C(=O)O)NC(=O)OCc1ccccc1. The molecule has 0 heterocycles. The van der Waals surface area contributed by atoms with Crippen molar-refractivity contribution in [3.8, 4) is 0 Å². The fourth-order valence-corrected chi connectivity index (χ4v) is 1.82. The number of hydrogen-bond acceptors (Lipinski definition) is 5. The van der Waals surface area contributed by atoms with Gasteiger partial charge in [0, 0.05) is 0 Å². The Bertz CT molecular complexity index is 664. The van der Waals surface area contributed by atoms with Crippen LogP contribution in [0.25, 0.3) is 0 Å². The van der Waals surface area contributed by atoms with Crippen molar-refractivity contribution in [1.29, 1.82) is 0 Å². The smallest absolute Gasteiger partial charge is 0.412 e. The van der Waals surface area contributed by atoms with E-state index in [2.05, 4.69) is 10.6 Å². The van der Waals surface area contributed by atoms with Gasteiger partial charge in [-0.05, 0) is 39.3 Å². The molecule has 1 aromatic carbocycles. The number of carbonyl (C=O) groups is 3. The van der Waals surface area contributed by atoms with Crippen molar-refractivity contribution in [3.63, 3.8) is 0 Å². The third kappa shape index (κ3) is 8.72. The second kappa shape index (κ2) is 9.45. The van der Waals surface area contributed by atoms with Crippen molar-refractivity contribution >= 4 is 18.2 Å². The molecule has 3 N–H and O–H groups in total. The van der Waals surface area contributed by atoms with E-state index < -0.39 is 35.5 Å². The van der Waals surface area contributed by atoms with Gasteiger partial charge in [-0.15, -0.1) is 0 Å². The fourth-order valence-electron chi connectivity index (χ4n) is 1.82. The fraction of sp³-hybridized carbons (Fsp3) is 0.389. The number of carboxylic acids is 1. The first-order valence-corrected chi connectivity index (χ1v) is 7.99. The molecule has 1 rings (SSSR count). The summed E-state index contributed by atoms with van der Waals surface area (Å²) in [6.07, 6.45) is -0.430. The summed E-state index contributed by atoms with van der Waals surface area (Å²) in [6.45, 7) is 6.60. The Morgan fingerprint density at radius 2 is 1.77 bits per heavy atom. The zero-order valence-corrected chi connectivity index (χ0v) is 15.2. The topological polar surface area (TPSA) is 114 Å². The van der Waals surface area contributed by atoms with Crippen LogP contribution in [0.3, 0.4) is 0 Å². The quantitative estimate of drug-likeness (QED) is 0.669. The van der Waals surface area contributed by atoms with Gasteiger partial charge in [-0.3, -0.25) is 5.32 Å². The lowest BCUT2D eigenvalue weighted by molar-refractivity contribution is -0.133. The molecule has 1 aromatic rings. The number of carbonyl (C=O) groups excluding carboxylic acids is 2. The van der Waals surface area contributed by atoms with E-state index >= 15 is 0 Å². The lowest BCUT2D eigenvalue weighted by atomic mass is 10.2. The van der Waals surface area contributed by atoms with Crippen LogP contribution in [-0.4, -0.2) is 34.9 Å². The number of nitrogens with one attached hydrogen (secondary N) is 2. The number of amides is 2. The molecule has 0 aliphatic heterocycles. The molecule has 0 spiro atoms. The predicted molar refractivity (Wildman–Crippen MR) is 94.3 cm³/mol. The molecular weight excluding hydrogens is 340 g/mol. The summed E-state index contributed by atoms with van der Waals surface area (Å²) in [7, 11) is 0. The van der Waals surface area contributed by atoms with Gasteiger partial charge in [-0.1, -0.05) is 30.3 Å². The van der Waals surface area contributed by atoms with Crippen molar-refractivity contribution in [2.45, 2.75) is 45.9 Å². The molecule has 1 unspecified atom stereocenters. The van der Waals surface area contributed by atoms with Gasteiger partial charge in [0.25, 0.3) is 0 Å². The van der Waals surface area contributed by atoms with Crippen LogP contribution in [-0.2, 0) is 20.9 Å². The molecule has 8 heteroatoms. The number of benzene rings is 1. The summed E-state index contributed by atoms with van der Waals surface area (Å²) in [5.74, 6) is -1.36. The third-order valence-corrected chi connectivity index (χ3v) is 2.84. The normalized spacial score (nSPS) is 12.7. The molecular formula is C18H24N2O6. The summed E-state index contributed by atoms with van der Waals surface area (Å²) < 4.78 is 10.1. The van der Waals surface area contributed by atoms with Crippen LogP contribution in [0.2, 0.25) is 0 Å². The molecule has 26 heavy (non-hydrogen) atoms. The van der Waals surface area contributed by atoms with Crippen LogP contribution in [0, 0.1) is 0 Å². The van der Waals surface area contributed by atoms with Crippen LogP contribution in [0.1, 0.15) is 33.3 Å². The minimum atomic E-state index is -1.36. The standard InChI is InChI=1S/C18H24N2O6/c1-12(19-16(23)25-11-13-8-6-5-7-9-13)10-14(15(21)22)20-17(24)26-18(2,3)4/h5-10,12H,11H2,1-4H3,(H,19,23)(H,20,24)(H,21,22). The van der Waals surface area contributed by atoms with Crippen LogP contribution >= 0.6 is 0 Å². The lowest BCUT2D eigenvalue weighted by Crippen LogP contribution is -2.37. The Hall–Kier alpha value is -3.03. The summed E-state index contributed by atoms with van der Waals surface area (Å²) in [6, 6.07) is 8.42. The summed E-state index contributed by atoms with van der Waals surface area (Å²) in [5.41, 5.74) is -0.350. The monoisotopic (exact) mass is 364 g/mol. The second-order valence-electron chi connectivity index (χ2n) is 6.51. The Kier molecular flexibility index (Phi) is 7.64. The van der Waals surface area contributed by atoms with Crippen molar-refractivity contribution in [2.24, 2.45) is 0 Å². The molecule has 2 amide bonds. The van der Waals surface area contributed by atoms with Crippen LogP contribution in [0.4, 0.5) is 9.59 Å². The summed E-state index contributed by atoms with van der Waals surface area (Å²) in [4.78, 5) is 34.7. The van der Waals surface area contributed by atoms with E-state index in [9.17, 15) is 19.5 Å². The maximum absolute atomic E-state index is 11.8. The highest BCUT2D eigenvalue weighted by molar-refractivity contribution is 5.91. The van der Waals surface area contributed by atoms with Crippen molar-refractivity contribution < 1.29 is 29.0 Å². The van der Waals surface area contributed by atoms with Crippen molar-refractivity contribution in [1.82, 2.24) is 10.6 Å². The molecule has 0 aliphatic rings. The highest BCUT2D eigenvalue weighted by Gasteiger charge is 2.20. The van der Waals surface area contributed by atoms with Gasteiger partial charge in [-0.2, -0.15) is 0 Å².